The molecular formula is C20H27N5O2. The molecule has 2 heterocycles. The molecule has 2 aromatic rings. The van der Waals surface area contributed by atoms with Crippen molar-refractivity contribution in [1.82, 2.24) is 15.3 Å². The first-order valence-corrected chi connectivity index (χ1v) is 9.26. The lowest BCUT2D eigenvalue weighted by molar-refractivity contribution is 0.0932. The van der Waals surface area contributed by atoms with E-state index >= 15 is 0 Å². The summed E-state index contributed by atoms with van der Waals surface area (Å²) < 4.78 is 4.96. The van der Waals surface area contributed by atoms with Gasteiger partial charge in [-0.15, -0.1) is 0 Å². The minimum Gasteiger partial charge on any atom is -0.383 e. The molecule has 1 amide bonds. The first kappa shape index (κ1) is 19.1. The number of nitrogens with one attached hydrogen (secondary N) is 1. The number of nitrogens with zero attached hydrogens (tertiary/aromatic N) is 4. The van der Waals surface area contributed by atoms with Crippen molar-refractivity contribution in [2.75, 3.05) is 56.2 Å². The van der Waals surface area contributed by atoms with Gasteiger partial charge in [0.25, 0.3) is 5.91 Å². The number of ether oxygens (including phenoxy) is 1. The Bertz CT molecular complexity index is 788. The molecule has 1 N–H and O–H groups in total. The number of carbonyl (C=O) groups excluding carboxylic acids is 1. The van der Waals surface area contributed by atoms with Crippen LogP contribution in [0.1, 0.15) is 21.7 Å². The van der Waals surface area contributed by atoms with Gasteiger partial charge < -0.3 is 19.9 Å². The summed E-state index contributed by atoms with van der Waals surface area (Å²) in [5.74, 6) is 0.424. The fourth-order valence-corrected chi connectivity index (χ4v) is 3.16. The SMILES string of the molecule is COCCNC(=O)c1cc(C)nc(N2CCN(c3cccc(C)c3)CC2)n1. The molecule has 0 spiro atoms. The minimum absolute atomic E-state index is 0.197. The second-order valence-electron chi connectivity index (χ2n) is 6.76. The third-order valence-corrected chi connectivity index (χ3v) is 4.60. The Hall–Kier alpha value is -2.67. The van der Waals surface area contributed by atoms with Crippen molar-refractivity contribution >= 4 is 17.5 Å². The van der Waals surface area contributed by atoms with Gasteiger partial charge >= 0.3 is 0 Å². The Balaban J connectivity index is 1.66. The van der Waals surface area contributed by atoms with Gasteiger partial charge in [0.05, 0.1) is 6.61 Å². The molecule has 27 heavy (non-hydrogen) atoms. The molecule has 1 aliphatic heterocycles. The van der Waals surface area contributed by atoms with E-state index in [4.69, 9.17) is 4.74 Å². The van der Waals surface area contributed by atoms with Crippen LogP contribution in [0.15, 0.2) is 30.3 Å². The molecule has 144 valence electrons. The van der Waals surface area contributed by atoms with Crippen molar-refractivity contribution in [2.45, 2.75) is 13.8 Å². The summed E-state index contributed by atoms with van der Waals surface area (Å²) in [5, 5.41) is 2.81. The fourth-order valence-electron chi connectivity index (χ4n) is 3.16. The standard InChI is InChI=1S/C20H27N5O2/c1-15-5-4-6-17(13-15)24-8-10-25(11-9-24)20-22-16(2)14-18(23-20)19(26)21-7-12-27-3/h4-6,13-14H,7-12H2,1-3H3,(H,21,26). The highest BCUT2D eigenvalue weighted by Crippen LogP contribution is 2.20. The van der Waals surface area contributed by atoms with Gasteiger partial charge in [-0.1, -0.05) is 12.1 Å². The Morgan fingerprint density at radius 3 is 2.56 bits per heavy atom. The summed E-state index contributed by atoms with van der Waals surface area (Å²) in [6.07, 6.45) is 0. The highest BCUT2D eigenvalue weighted by Gasteiger charge is 2.21. The number of piperazine rings is 1. The van der Waals surface area contributed by atoms with Gasteiger partial charge in [-0.2, -0.15) is 0 Å². The van der Waals surface area contributed by atoms with Crippen molar-refractivity contribution in [1.29, 1.82) is 0 Å². The maximum atomic E-state index is 12.3. The summed E-state index contributed by atoms with van der Waals surface area (Å²) in [7, 11) is 1.61. The summed E-state index contributed by atoms with van der Waals surface area (Å²) in [5.41, 5.74) is 3.70. The van der Waals surface area contributed by atoms with Crippen LogP contribution in [-0.2, 0) is 4.74 Å². The number of hydrogen-bond donors (Lipinski definition) is 1. The van der Waals surface area contributed by atoms with Gasteiger partial charge in [0, 0.05) is 51.2 Å². The maximum absolute atomic E-state index is 12.3. The average molecular weight is 369 g/mol. The van der Waals surface area contributed by atoms with Crippen molar-refractivity contribution in [3.63, 3.8) is 0 Å². The molecule has 0 radical (unpaired) electrons. The van der Waals surface area contributed by atoms with E-state index in [-0.39, 0.29) is 5.91 Å². The van der Waals surface area contributed by atoms with Crippen molar-refractivity contribution in [3.8, 4) is 0 Å². The van der Waals surface area contributed by atoms with Crippen LogP contribution in [0.3, 0.4) is 0 Å². The zero-order valence-corrected chi connectivity index (χ0v) is 16.2. The predicted octanol–water partition coefficient (Wildman–Crippen LogP) is 1.80. The number of aromatic nitrogens is 2. The van der Waals surface area contributed by atoms with Crippen molar-refractivity contribution in [3.05, 3.63) is 47.3 Å². The van der Waals surface area contributed by atoms with Crippen LogP contribution in [0.4, 0.5) is 11.6 Å². The highest BCUT2D eigenvalue weighted by molar-refractivity contribution is 5.92. The topological polar surface area (TPSA) is 70.6 Å². The number of methoxy groups -OCH3 is 1. The molecule has 0 atom stereocenters. The molecule has 0 aliphatic carbocycles. The Morgan fingerprint density at radius 2 is 1.85 bits per heavy atom. The molecule has 1 aromatic heterocycles. The second-order valence-corrected chi connectivity index (χ2v) is 6.76. The van der Waals surface area contributed by atoms with Gasteiger partial charge in [0.1, 0.15) is 5.69 Å². The zero-order chi connectivity index (χ0) is 19.2. The normalized spacial score (nSPS) is 14.3. The van der Waals surface area contributed by atoms with Crippen molar-refractivity contribution in [2.24, 2.45) is 0 Å². The number of aryl methyl sites for hydroxylation is 2. The van der Waals surface area contributed by atoms with E-state index in [9.17, 15) is 4.79 Å². The monoisotopic (exact) mass is 369 g/mol. The highest BCUT2D eigenvalue weighted by atomic mass is 16.5. The number of carbonyl (C=O) groups is 1. The molecule has 1 saturated heterocycles. The van der Waals surface area contributed by atoms with Gasteiger partial charge in [-0.3, -0.25) is 4.79 Å². The summed E-state index contributed by atoms with van der Waals surface area (Å²) in [4.78, 5) is 25.8. The molecule has 1 fully saturated rings. The van der Waals surface area contributed by atoms with E-state index in [1.807, 2.05) is 6.92 Å². The fraction of sp³-hybridized carbons (Fsp3) is 0.450. The smallest absolute Gasteiger partial charge is 0.270 e. The number of hydrogen-bond acceptors (Lipinski definition) is 6. The van der Waals surface area contributed by atoms with Crippen LogP contribution in [0, 0.1) is 13.8 Å². The lowest BCUT2D eigenvalue weighted by atomic mass is 10.2. The van der Waals surface area contributed by atoms with Crippen LogP contribution in [0.5, 0.6) is 0 Å². The third kappa shape index (κ3) is 4.95. The molecule has 0 bridgehead atoms. The number of amides is 1. The molecule has 3 rings (SSSR count). The quantitative estimate of drug-likeness (QED) is 0.783. The van der Waals surface area contributed by atoms with Gasteiger partial charge in [0.15, 0.2) is 0 Å². The zero-order valence-electron chi connectivity index (χ0n) is 16.2. The Morgan fingerprint density at radius 1 is 1.11 bits per heavy atom. The Labute approximate surface area is 160 Å². The van der Waals surface area contributed by atoms with Crippen LogP contribution >= 0.6 is 0 Å². The second kappa shape index (κ2) is 8.81. The third-order valence-electron chi connectivity index (χ3n) is 4.60. The molecular weight excluding hydrogens is 342 g/mol. The lowest BCUT2D eigenvalue weighted by Gasteiger charge is -2.36. The van der Waals surface area contributed by atoms with Gasteiger partial charge in [-0.25, -0.2) is 9.97 Å². The van der Waals surface area contributed by atoms with E-state index in [0.717, 1.165) is 31.9 Å². The summed E-state index contributed by atoms with van der Waals surface area (Å²) in [6, 6.07) is 10.3. The van der Waals surface area contributed by atoms with Crippen LogP contribution < -0.4 is 15.1 Å². The number of rotatable bonds is 6. The summed E-state index contributed by atoms with van der Waals surface area (Å²) >= 11 is 0. The van der Waals surface area contributed by atoms with Crippen LogP contribution in [0.2, 0.25) is 0 Å². The van der Waals surface area contributed by atoms with E-state index in [1.54, 1.807) is 13.2 Å². The largest absolute Gasteiger partial charge is 0.383 e. The molecule has 7 nitrogen and oxygen atoms in total. The first-order valence-electron chi connectivity index (χ1n) is 9.26. The van der Waals surface area contributed by atoms with E-state index in [0.29, 0.717) is 24.8 Å². The predicted molar refractivity (Wildman–Crippen MR) is 107 cm³/mol. The van der Waals surface area contributed by atoms with Crippen LogP contribution in [-0.4, -0.2) is 62.3 Å². The number of benzene rings is 1. The lowest BCUT2D eigenvalue weighted by Crippen LogP contribution is -2.47. The number of anilines is 2. The summed E-state index contributed by atoms with van der Waals surface area (Å²) in [6.45, 7) is 8.38. The molecule has 0 saturated carbocycles. The first-order chi connectivity index (χ1) is 13.1. The van der Waals surface area contributed by atoms with Gasteiger partial charge in [0.2, 0.25) is 5.95 Å². The average Bonchev–Trinajstić information content (AvgIpc) is 2.68. The van der Waals surface area contributed by atoms with Gasteiger partial charge in [-0.05, 0) is 37.6 Å². The molecule has 0 unspecified atom stereocenters. The van der Waals surface area contributed by atoms with Crippen molar-refractivity contribution < 1.29 is 9.53 Å². The maximum Gasteiger partial charge on any atom is 0.270 e. The molecule has 1 aliphatic rings. The van der Waals surface area contributed by atoms with E-state index < -0.39 is 0 Å². The minimum atomic E-state index is -0.197. The van der Waals surface area contributed by atoms with E-state index in [2.05, 4.69) is 56.3 Å². The molecule has 7 heteroatoms. The van der Waals surface area contributed by atoms with Crippen LogP contribution in [0.25, 0.3) is 0 Å². The van der Waals surface area contributed by atoms with E-state index in [1.165, 1.54) is 11.3 Å². The molecule has 1 aromatic carbocycles. The Kier molecular flexibility index (Phi) is 6.24.